The van der Waals surface area contributed by atoms with Gasteiger partial charge in [-0.3, -0.25) is 0 Å². The Balaban J connectivity index is 1.93. The molecule has 0 spiro atoms. The zero-order chi connectivity index (χ0) is 15.3. The molecule has 2 heteroatoms. The van der Waals surface area contributed by atoms with Gasteiger partial charge in [0.05, 0.1) is 6.04 Å². The van der Waals surface area contributed by atoms with Gasteiger partial charge in [-0.1, -0.05) is 35.9 Å². The maximum absolute atomic E-state index is 2.64. The van der Waals surface area contributed by atoms with Crippen molar-refractivity contribution in [3.63, 3.8) is 0 Å². The Morgan fingerprint density at radius 3 is 2.73 bits per heavy atom. The van der Waals surface area contributed by atoms with E-state index in [1.54, 1.807) is 16.8 Å². The Bertz CT molecular complexity index is 791. The second kappa shape index (κ2) is 5.05. The molecule has 3 heterocycles. The number of benzene rings is 1. The average Bonchev–Trinajstić information content (AvgIpc) is 2.86. The van der Waals surface area contributed by atoms with Gasteiger partial charge in [0, 0.05) is 42.3 Å². The molecule has 1 aromatic carbocycles. The van der Waals surface area contributed by atoms with Crippen LogP contribution in [-0.4, -0.2) is 16.0 Å². The van der Waals surface area contributed by atoms with Crippen LogP contribution in [0.5, 0.6) is 0 Å². The van der Waals surface area contributed by atoms with Crippen LogP contribution in [0.15, 0.2) is 47.7 Å². The third-order valence-electron chi connectivity index (χ3n) is 5.53. The number of nitrogens with zero attached hydrogens (tertiary/aromatic N) is 2. The fourth-order valence-electron chi connectivity index (χ4n) is 4.36. The van der Waals surface area contributed by atoms with Crippen LogP contribution in [0.4, 0.5) is 0 Å². The van der Waals surface area contributed by atoms with Crippen LogP contribution in [-0.2, 0) is 13.5 Å². The Morgan fingerprint density at radius 1 is 1.14 bits per heavy atom. The second-order valence-corrected chi connectivity index (χ2v) is 6.53. The summed E-state index contributed by atoms with van der Waals surface area (Å²) >= 11 is 0. The number of hydrogen-bond acceptors (Lipinski definition) is 1. The van der Waals surface area contributed by atoms with E-state index in [0.29, 0.717) is 6.04 Å². The molecule has 0 bridgehead atoms. The molecular formula is C20H24N2. The van der Waals surface area contributed by atoms with Crippen LogP contribution in [0.3, 0.4) is 0 Å². The fourth-order valence-corrected chi connectivity index (χ4v) is 4.36. The zero-order valence-electron chi connectivity index (χ0n) is 13.8. The average molecular weight is 292 g/mol. The van der Waals surface area contributed by atoms with Crippen molar-refractivity contribution in [2.24, 2.45) is 7.05 Å². The van der Waals surface area contributed by atoms with Gasteiger partial charge in [-0.15, -0.1) is 0 Å². The number of hydrogen-bond donors (Lipinski definition) is 0. The third-order valence-corrected chi connectivity index (χ3v) is 5.53. The smallest absolute Gasteiger partial charge is 0.0700 e. The van der Waals surface area contributed by atoms with E-state index in [2.05, 4.69) is 66.8 Å². The lowest BCUT2D eigenvalue weighted by molar-refractivity contribution is 0.207. The molecule has 0 aliphatic carbocycles. The second-order valence-electron chi connectivity index (χ2n) is 6.53. The predicted molar refractivity (Wildman–Crippen MR) is 92.8 cm³/mol. The van der Waals surface area contributed by atoms with E-state index in [1.165, 1.54) is 29.4 Å². The molecule has 0 amide bonds. The lowest BCUT2D eigenvalue weighted by Gasteiger charge is -2.44. The number of fused-ring (bicyclic) bond motifs is 5. The van der Waals surface area contributed by atoms with Gasteiger partial charge in [0.15, 0.2) is 0 Å². The van der Waals surface area contributed by atoms with Crippen molar-refractivity contribution in [1.29, 1.82) is 0 Å². The molecule has 2 nitrogen and oxygen atoms in total. The van der Waals surface area contributed by atoms with Gasteiger partial charge in [0.25, 0.3) is 0 Å². The summed E-state index contributed by atoms with van der Waals surface area (Å²) in [5.74, 6) is 0. The van der Waals surface area contributed by atoms with Crippen LogP contribution in [0.2, 0.25) is 0 Å². The first-order valence-electron chi connectivity index (χ1n) is 8.36. The number of aromatic nitrogens is 1. The number of rotatable bonds is 0. The van der Waals surface area contributed by atoms with Crippen molar-refractivity contribution in [2.45, 2.75) is 39.2 Å². The highest BCUT2D eigenvalue weighted by atomic mass is 15.2. The fraction of sp³-hybridized carbons (Fsp3) is 0.400. The van der Waals surface area contributed by atoms with Gasteiger partial charge >= 0.3 is 0 Å². The summed E-state index contributed by atoms with van der Waals surface area (Å²) in [6.07, 6.45) is 8.15. The van der Waals surface area contributed by atoms with Crippen molar-refractivity contribution in [3.05, 3.63) is 58.9 Å². The standard InChI is InChI=1S/C20H24N2/c1-4-14-10-11-19-20-17(12-15(5-2)22(19)13-14)16-8-6-7-9-18(16)21(20)3/h4-9,19H,10-13H2,1-3H3/b14-4-,15-5-. The van der Waals surface area contributed by atoms with Crippen molar-refractivity contribution < 1.29 is 0 Å². The minimum absolute atomic E-state index is 0.538. The summed E-state index contributed by atoms with van der Waals surface area (Å²) < 4.78 is 2.44. The van der Waals surface area contributed by atoms with Crippen molar-refractivity contribution in [2.75, 3.05) is 6.54 Å². The highest BCUT2D eigenvalue weighted by molar-refractivity contribution is 5.86. The molecule has 1 saturated heterocycles. The predicted octanol–water partition coefficient (Wildman–Crippen LogP) is 4.72. The number of aryl methyl sites for hydroxylation is 1. The number of allylic oxidation sites excluding steroid dienone is 3. The molecule has 0 saturated carbocycles. The maximum Gasteiger partial charge on any atom is 0.0700 e. The van der Waals surface area contributed by atoms with Gasteiger partial charge in [0.2, 0.25) is 0 Å². The summed E-state index contributed by atoms with van der Waals surface area (Å²) in [4.78, 5) is 2.64. The summed E-state index contributed by atoms with van der Waals surface area (Å²) in [5.41, 5.74) is 7.55. The van der Waals surface area contributed by atoms with Crippen LogP contribution >= 0.6 is 0 Å². The van der Waals surface area contributed by atoms with E-state index in [0.717, 1.165) is 13.0 Å². The SMILES string of the molecule is C/C=C1/CCC2c3c(c4ccccc4n3C)C/C(=C/C)N2C1. The topological polar surface area (TPSA) is 8.17 Å². The first kappa shape index (κ1) is 13.7. The van der Waals surface area contributed by atoms with Crippen molar-refractivity contribution >= 4 is 10.9 Å². The van der Waals surface area contributed by atoms with Crippen LogP contribution < -0.4 is 0 Å². The highest BCUT2D eigenvalue weighted by Gasteiger charge is 2.36. The van der Waals surface area contributed by atoms with Gasteiger partial charge in [-0.05, 0) is 38.3 Å². The molecule has 1 fully saturated rings. The highest BCUT2D eigenvalue weighted by Crippen LogP contribution is 2.45. The Kier molecular flexibility index (Phi) is 3.14. The van der Waals surface area contributed by atoms with E-state index in [9.17, 15) is 0 Å². The molecule has 0 radical (unpaired) electrons. The molecule has 1 unspecified atom stereocenters. The van der Waals surface area contributed by atoms with E-state index >= 15 is 0 Å². The number of piperidine rings is 1. The first-order chi connectivity index (χ1) is 10.7. The summed E-state index contributed by atoms with van der Waals surface area (Å²) in [6, 6.07) is 9.41. The molecule has 1 atom stereocenters. The van der Waals surface area contributed by atoms with Gasteiger partial charge < -0.3 is 9.47 Å². The van der Waals surface area contributed by atoms with E-state index < -0.39 is 0 Å². The van der Waals surface area contributed by atoms with Gasteiger partial charge in [0.1, 0.15) is 0 Å². The van der Waals surface area contributed by atoms with Crippen LogP contribution in [0.25, 0.3) is 10.9 Å². The first-order valence-corrected chi connectivity index (χ1v) is 8.36. The molecular weight excluding hydrogens is 268 g/mol. The maximum atomic E-state index is 2.64. The lowest BCUT2D eigenvalue weighted by Crippen LogP contribution is -2.39. The van der Waals surface area contributed by atoms with E-state index in [-0.39, 0.29) is 0 Å². The molecule has 2 aliphatic heterocycles. The van der Waals surface area contributed by atoms with Gasteiger partial charge in [-0.25, -0.2) is 0 Å². The molecule has 22 heavy (non-hydrogen) atoms. The quantitative estimate of drug-likeness (QED) is 0.638. The van der Waals surface area contributed by atoms with Crippen LogP contribution in [0, 0.1) is 0 Å². The Hall–Kier alpha value is -1.96. The molecule has 114 valence electrons. The minimum atomic E-state index is 0.538. The van der Waals surface area contributed by atoms with Gasteiger partial charge in [-0.2, -0.15) is 0 Å². The molecule has 1 aromatic heterocycles. The third kappa shape index (κ3) is 1.79. The monoisotopic (exact) mass is 292 g/mol. The number of para-hydroxylation sites is 1. The molecule has 0 N–H and O–H groups in total. The van der Waals surface area contributed by atoms with E-state index in [4.69, 9.17) is 0 Å². The normalized spacial score (nSPS) is 24.9. The lowest BCUT2D eigenvalue weighted by atomic mass is 9.87. The van der Waals surface area contributed by atoms with E-state index in [1.807, 2.05) is 0 Å². The summed E-state index contributed by atoms with van der Waals surface area (Å²) in [7, 11) is 2.24. The minimum Gasteiger partial charge on any atom is -0.362 e. The Morgan fingerprint density at radius 2 is 1.95 bits per heavy atom. The van der Waals surface area contributed by atoms with Crippen molar-refractivity contribution in [1.82, 2.24) is 9.47 Å². The Labute approximate surface area is 132 Å². The summed E-state index contributed by atoms with van der Waals surface area (Å²) in [5, 5.41) is 1.44. The largest absolute Gasteiger partial charge is 0.362 e. The molecule has 2 aliphatic rings. The summed E-state index contributed by atoms with van der Waals surface area (Å²) in [6.45, 7) is 5.46. The molecule has 2 aromatic rings. The molecule has 4 rings (SSSR count). The zero-order valence-corrected chi connectivity index (χ0v) is 13.8. The van der Waals surface area contributed by atoms with Crippen LogP contribution in [0.1, 0.15) is 44.0 Å². The van der Waals surface area contributed by atoms with Crippen molar-refractivity contribution in [3.8, 4) is 0 Å².